The van der Waals surface area contributed by atoms with E-state index in [1.54, 1.807) is 0 Å². The second-order valence-corrected chi connectivity index (χ2v) is 13.2. The number of urea groups is 2. The molecule has 0 unspecified atom stereocenters. The summed E-state index contributed by atoms with van der Waals surface area (Å²) >= 11 is 2.90. The van der Waals surface area contributed by atoms with Crippen molar-refractivity contribution in [1.82, 2.24) is 10.6 Å². The van der Waals surface area contributed by atoms with Crippen LogP contribution in [0.3, 0.4) is 0 Å². The zero-order chi connectivity index (χ0) is 28.8. The van der Waals surface area contributed by atoms with E-state index in [1.165, 1.54) is 22.7 Å². The second-order valence-electron chi connectivity index (χ2n) is 11.0. The molecule has 0 saturated heterocycles. The maximum Gasteiger partial charge on any atom is 0.319 e. The fourth-order valence-corrected chi connectivity index (χ4v) is 8.32. The Hall–Kier alpha value is -3.12. The minimum absolute atomic E-state index is 0.340. The molecule has 10 nitrogen and oxygen atoms in total. The monoisotopic (exact) mass is 588 g/mol. The molecule has 2 atom stereocenters. The first kappa shape index (κ1) is 29.9. The van der Waals surface area contributed by atoms with Gasteiger partial charge < -0.3 is 22.1 Å². The molecule has 0 spiro atoms. The summed E-state index contributed by atoms with van der Waals surface area (Å²) < 4.78 is 0. The van der Waals surface area contributed by atoms with E-state index in [4.69, 9.17) is 11.5 Å². The molecule has 218 valence electrons. The number of nitrogens with one attached hydrogen (secondary N) is 4. The summed E-state index contributed by atoms with van der Waals surface area (Å²) in [5, 5.41) is 12.4. The molecule has 40 heavy (non-hydrogen) atoms. The van der Waals surface area contributed by atoms with Crippen LogP contribution in [-0.2, 0) is 25.7 Å². The lowest BCUT2D eigenvalue weighted by Crippen LogP contribution is -2.30. The smallest absolute Gasteiger partial charge is 0.319 e. The first-order chi connectivity index (χ1) is 19.1. The van der Waals surface area contributed by atoms with Crippen LogP contribution in [-0.4, -0.2) is 37.0 Å². The Kier molecular flexibility index (Phi) is 10.1. The van der Waals surface area contributed by atoms with Crippen LogP contribution in [0.5, 0.6) is 0 Å². The van der Waals surface area contributed by atoms with Gasteiger partial charge in [0.2, 0.25) is 0 Å². The number of carbonyl (C=O) groups is 4. The van der Waals surface area contributed by atoms with Crippen LogP contribution < -0.4 is 32.7 Å². The third-order valence-electron chi connectivity index (χ3n) is 7.64. The van der Waals surface area contributed by atoms with Gasteiger partial charge in [-0.1, -0.05) is 26.7 Å². The van der Waals surface area contributed by atoms with Gasteiger partial charge >= 0.3 is 12.1 Å². The largest absolute Gasteiger partial charge is 0.365 e. The Morgan fingerprint density at radius 2 is 1.10 bits per heavy atom. The Balaban J connectivity index is 1.12. The van der Waals surface area contributed by atoms with E-state index in [0.29, 0.717) is 46.1 Å². The molecular formula is C28H40N6O4S2. The van der Waals surface area contributed by atoms with Crippen molar-refractivity contribution in [2.45, 2.75) is 78.1 Å². The molecule has 2 heterocycles. The highest BCUT2D eigenvalue weighted by Gasteiger charge is 2.28. The van der Waals surface area contributed by atoms with E-state index < -0.39 is 11.8 Å². The number of hydrogen-bond donors (Lipinski definition) is 6. The number of primary amides is 2. The van der Waals surface area contributed by atoms with Crippen molar-refractivity contribution in [3.05, 3.63) is 32.0 Å². The van der Waals surface area contributed by atoms with E-state index in [-0.39, 0.29) is 12.1 Å². The molecule has 2 aliphatic carbocycles. The van der Waals surface area contributed by atoms with Crippen LogP contribution in [0.4, 0.5) is 19.6 Å². The number of nitrogens with two attached hydrogens (primary N) is 2. The lowest BCUT2D eigenvalue weighted by atomic mass is 9.88. The first-order valence-corrected chi connectivity index (χ1v) is 15.8. The minimum Gasteiger partial charge on any atom is -0.365 e. The van der Waals surface area contributed by atoms with Crippen molar-refractivity contribution in [3.8, 4) is 0 Å². The number of anilines is 2. The van der Waals surface area contributed by atoms with Gasteiger partial charge in [0.1, 0.15) is 10.0 Å². The van der Waals surface area contributed by atoms with Crippen molar-refractivity contribution in [2.24, 2.45) is 23.3 Å². The average molecular weight is 589 g/mol. The molecule has 4 rings (SSSR count). The molecule has 2 aliphatic rings. The maximum atomic E-state index is 12.4. The van der Waals surface area contributed by atoms with E-state index in [2.05, 4.69) is 35.1 Å². The summed E-state index contributed by atoms with van der Waals surface area (Å²) in [6.07, 6.45) is 8.84. The quantitative estimate of drug-likeness (QED) is 0.208. The lowest BCUT2D eigenvalue weighted by Gasteiger charge is -2.18. The lowest BCUT2D eigenvalue weighted by molar-refractivity contribution is 0.0991. The SMILES string of the molecule is C[C@H]1CCc2c(sc(NC(=O)NCCCCCCNC(=O)Nc3sc4c(c3C(N)=O)CC[C@H](C)C4)c2C(N)=O)C1. The van der Waals surface area contributed by atoms with Gasteiger partial charge in [0.15, 0.2) is 0 Å². The molecule has 0 bridgehead atoms. The van der Waals surface area contributed by atoms with Crippen molar-refractivity contribution >= 4 is 56.6 Å². The molecule has 0 fully saturated rings. The Morgan fingerprint density at radius 3 is 1.48 bits per heavy atom. The van der Waals surface area contributed by atoms with Gasteiger partial charge in [0.05, 0.1) is 11.1 Å². The van der Waals surface area contributed by atoms with Crippen LogP contribution in [0, 0.1) is 11.8 Å². The summed E-state index contributed by atoms with van der Waals surface area (Å²) in [5.74, 6) is 0.121. The summed E-state index contributed by atoms with van der Waals surface area (Å²) in [6.45, 7) is 5.39. The second kappa shape index (κ2) is 13.5. The number of rotatable bonds is 11. The number of hydrogen-bond acceptors (Lipinski definition) is 6. The normalized spacial score (nSPS) is 17.9. The first-order valence-electron chi connectivity index (χ1n) is 14.1. The predicted octanol–water partition coefficient (Wildman–Crippen LogP) is 4.76. The number of carbonyl (C=O) groups excluding carboxylic acids is 4. The van der Waals surface area contributed by atoms with Crippen molar-refractivity contribution in [3.63, 3.8) is 0 Å². The highest BCUT2D eigenvalue weighted by molar-refractivity contribution is 7.17. The summed E-state index contributed by atoms with van der Waals surface area (Å²) in [7, 11) is 0. The zero-order valence-electron chi connectivity index (χ0n) is 23.2. The van der Waals surface area contributed by atoms with Gasteiger partial charge in [-0.15, -0.1) is 22.7 Å². The molecule has 2 aromatic rings. The van der Waals surface area contributed by atoms with Gasteiger partial charge in [0.25, 0.3) is 11.8 Å². The number of thiophene rings is 2. The summed E-state index contributed by atoms with van der Waals surface area (Å²) in [6, 6.07) is -0.681. The Bertz CT molecular complexity index is 1170. The number of amides is 6. The summed E-state index contributed by atoms with van der Waals surface area (Å²) in [5.41, 5.74) is 14.1. The molecule has 0 radical (unpaired) electrons. The third kappa shape index (κ3) is 7.34. The van der Waals surface area contributed by atoms with Crippen LogP contribution in [0.2, 0.25) is 0 Å². The third-order valence-corrected chi connectivity index (χ3v) is 9.98. The van der Waals surface area contributed by atoms with E-state index in [1.807, 2.05) is 0 Å². The zero-order valence-corrected chi connectivity index (χ0v) is 24.9. The van der Waals surface area contributed by atoms with Crippen LogP contribution in [0.1, 0.15) is 94.0 Å². The minimum atomic E-state index is -0.498. The molecule has 0 saturated carbocycles. The standard InChI is InChI=1S/C28H40N6O4S2/c1-15-7-9-17-19(13-15)39-25(21(17)23(29)35)33-27(37)31-11-5-3-4-6-12-32-28(38)34-26-22(24(30)36)18-10-8-16(2)14-20(18)40-26/h15-16H,3-14H2,1-2H3,(H2,29,35)(H2,30,36)(H2,31,33,37)(H2,32,34,38)/t15-,16-/m0/s1. The van der Waals surface area contributed by atoms with Crippen LogP contribution in [0.15, 0.2) is 0 Å². The van der Waals surface area contributed by atoms with Crippen molar-refractivity contribution in [1.29, 1.82) is 0 Å². The van der Waals surface area contributed by atoms with Crippen molar-refractivity contribution < 1.29 is 19.2 Å². The molecule has 2 aromatic heterocycles. The van der Waals surface area contributed by atoms with E-state index in [0.717, 1.165) is 85.1 Å². The van der Waals surface area contributed by atoms with Gasteiger partial charge in [-0.25, -0.2) is 9.59 Å². The molecule has 6 amide bonds. The van der Waals surface area contributed by atoms with Gasteiger partial charge in [0, 0.05) is 22.8 Å². The van der Waals surface area contributed by atoms with Gasteiger partial charge in [-0.3, -0.25) is 20.2 Å². The Labute approximate surface area is 243 Å². The average Bonchev–Trinajstić information content (AvgIpc) is 3.41. The maximum absolute atomic E-state index is 12.4. The number of unbranched alkanes of at least 4 members (excludes halogenated alkanes) is 3. The van der Waals surface area contributed by atoms with E-state index in [9.17, 15) is 19.2 Å². The fourth-order valence-electron chi connectivity index (χ4n) is 5.50. The number of fused-ring (bicyclic) bond motifs is 2. The van der Waals surface area contributed by atoms with Crippen LogP contribution in [0.25, 0.3) is 0 Å². The topological polar surface area (TPSA) is 168 Å². The molecule has 8 N–H and O–H groups in total. The summed E-state index contributed by atoms with van der Waals surface area (Å²) in [4.78, 5) is 51.2. The van der Waals surface area contributed by atoms with Gasteiger partial charge in [-0.05, 0) is 74.3 Å². The molecule has 12 heteroatoms. The van der Waals surface area contributed by atoms with Crippen molar-refractivity contribution in [2.75, 3.05) is 23.7 Å². The van der Waals surface area contributed by atoms with Gasteiger partial charge in [-0.2, -0.15) is 0 Å². The predicted molar refractivity (Wildman–Crippen MR) is 161 cm³/mol. The molecule has 0 aliphatic heterocycles. The Morgan fingerprint density at radius 1 is 0.700 bits per heavy atom. The molecule has 0 aromatic carbocycles. The highest BCUT2D eigenvalue weighted by atomic mass is 32.1. The molecular weight excluding hydrogens is 548 g/mol. The fraction of sp³-hybridized carbons (Fsp3) is 0.571. The van der Waals surface area contributed by atoms with E-state index >= 15 is 0 Å². The van der Waals surface area contributed by atoms with Crippen LogP contribution >= 0.6 is 22.7 Å². The highest BCUT2D eigenvalue weighted by Crippen LogP contribution is 2.40.